The molecule has 0 aliphatic carbocycles. The average molecular weight is 276 g/mol. The summed E-state index contributed by atoms with van der Waals surface area (Å²) in [5.74, 6) is 1.10. The molecule has 0 fully saturated rings. The van der Waals surface area contributed by atoms with Crippen molar-refractivity contribution in [1.82, 2.24) is 0 Å². The van der Waals surface area contributed by atoms with Crippen LogP contribution in [-0.4, -0.2) is 16.3 Å². The Bertz CT molecular complexity index is 566. The van der Waals surface area contributed by atoms with Crippen LogP contribution in [0.4, 0.5) is 5.69 Å². The molecule has 0 heterocycles. The van der Waals surface area contributed by atoms with Gasteiger partial charge in [0.25, 0.3) is 5.69 Å². The molecule has 0 spiro atoms. The molecule has 0 saturated heterocycles. The molecule has 19 heavy (non-hydrogen) atoms. The molecule has 0 aliphatic rings. The summed E-state index contributed by atoms with van der Waals surface area (Å²) in [5.41, 5.74) is 1.19. The number of nitro groups is 1. The van der Waals surface area contributed by atoms with Crippen molar-refractivity contribution in [3.05, 3.63) is 64.2 Å². The number of nitrogens with zero attached hydrogens (tertiary/aromatic N) is 1. The summed E-state index contributed by atoms with van der Waals surface area (Å²) in [6.45, 7) is 0. The van der Waals surface area contributed by atoms with Crippen molar-refractivity contribution < 1.29 is 10.0 Å². The first-order valence-electron chi connectivity index (χ1n) is 5.71. The highest BCUT2D eigenvalue weighted by Crippen LogP contribution is 2.20. The van der Waals surface area contributed by atoms with Crippen LogP contribution in [0.2, 0.25) is 0 Å². The number of non-ortho nitro benzene ring substituents is 1. The van der Waals surface area contributed by atoms with Gasteiger partial charge in [-0.15, -0.1) is 0 Å². The van der Waals surface area contributed by atoms with Gasteiger partial charge in [-0.05, 0) is 36.4 Å². The molecule has 0 bridgehead atoms. The highest BCUT2D eigenvalue weighted by molar-refractivity contribution is 7.95. The van der Waals surface area contributed by atoms with Crippen LogP contribution in [0.5, 0.6) is 5.75 Å². The minimum absolute atomic E-state index is 0.00907. The Morgan fingerprint density at radius 2 is 1.68 bits per heavy atom. The predicted octanol–water partition coefficient (Wildman–Crippen LogP) is 3.11. The summed E-state index contributed by atoms with van der Waals surface area (Å²) in [7, 11) is 0.00907. The normalized spacial score (nSPS) is 12.1. The molecule has 2 aromatic carbocycles. The van der Waals surface area contributed by atoms with Crippen molar-refractivity contribution >= 4 is 16.6 Å². The van der Waals surface area contributed by atoms with Crippen molar-refractivity contribution in [2.45, 2.75) is 10.6 Å². The summed E-state index contributed by atoms with van der Waals surface area (Å²) >= 11 is 0. The number of rotatable bonds is 4. The minimum Gasteiger partial charge on any atom is -0.508 e. The Hall–Kier alpha value is -2.01. The summed E-state index contributed by atoms with van der Waals surface area (Å²) in [6, 6.07) is 13.8. The van der Waals surface area contributed by atoms with E-state index in [1.807, 2.05) is 12.1 Å². The van der Waals surface area contributed by atoms with Crippen LogP contribution in [0.1, 0.15) is 5.56 Å². The zero-order chi connectivity index (χ0) is 13.8. The van der Waals surface area contributed by atoms with E-state index in [2.05, 4.69) is 6.26 Å². The molecule has 0 aromatic heterocycles. The monoisotopic (exact) mass is 276 g/mol. The molecule has 1 atom stereocenters. The van der Waals surface area contributed by atoms with Gasteiger partial charge in [0.1, 0.15) is 17.8 Å². The number of phenols is 1. The smallest absolute Gasteiger partial charge is 0.269 e. The van der Waals surface area contributed by atoms with Crippen molar-refractivity contribution in [1.29, 1.82) is 0 Å². The topological polar surface area (TPSA) is 63.4 Å². The molecule has 0 amide bonds. The molecule has 0 saturated carbocycles. The quantitative estimate of drug-likeness (QED) is 0.530. The van der Waals surface area contributed by atoms with Gasteiger partial charge >= 0.3 is 0 Å². The molecule has 1 N–H and O–H groups in total. The number of aromatic hydroxyl groups is 1. The number of hydrogen-bond acceptors (Lipinski definition) is 3. The molecule has 1 unspecified atom stereocenters. The van der Waals surface area contributed by atoms with E-state index in [0.717, 1.165) is 16.2 Å². The maximum atomic E-state index is 10.6. The van der Waals surface area contributed by atoms with Gasteiger partial charge in [0.2, 0.25) is 0 Å². The maximum Gasteiger partial charge on any atom is 0.269 e. The lowest BCUT2D eigenvalue weighted by Gasteiger charge is -2.03. The van der Waals surface area contributed by atoms with Crippen LogP contribution in [0, 0.1) is 10.1 Å². The third kappa shape index (κ3) is 3.48. The Kier molecular flexibility index (Phi) is 4.06. The molecular weight excluding hydrogens is 262 g/mol. The molecule has 0 radical (unpaired) electrons. The Morgan fingerprint density at radius 1 is 1.11 bits per heavy atom. The number of phenolic OH excluding ortho intramolecular Hbond substituents is 1. The van der Waals surface area contributed by atoms with E-state index in [0.29, 0.717) is 0 Å². The SMILES string of the molecule is C[S+](Cc1ccc([N+](=O)[O-])cc1)c1ccc(O)cc1. The largest absolute Gasteiger partial charge is 0.508 e. The first kappa shape index (κ1) is 13.4. The van der Waals surface area contributed by atoms with E-state index in [1.165, 1.54) is 12.1 Å². The fourth-order valence-electron chi connectivity index (χ4n) is 1.73. The van der Waals surface area contributed by atoms with Gasteiger partial charge in [0, 0.05) is 28.6 Å². The Morgan fingerprint density at radius 3 is 2.21 bits per heavy atom. The first-order chi connectivity index (χ1) is 9.06. The number of hydrogen-bond donors (Lipinski definition) is 1. The third-order valence-corrected chi connectivity index (χ3v) is 4.61. The van der Waals surface area contributed by atoms with Gasteiger partial charge < -0.3 is 5.11 Å². The Labute approximate surface area is 114 Å². The molecule has 2 aromatic rings. The van der Waals surface area contributed by atoms with E-state index in [-0.39, 0.29) is 22.3 Å². The van der Waals surface area contributed by atoms with E-state index >= 15 is 0 Å². The van der Waals surface area contributed by atoms with Crippen LogP contribution in [0.3, 0.4) is 0 Å². The Balaban J connectivity index is 2.08. The van der Waals surface area contributed by atoms with E-state index in [4.69, 9.17) is 0 Å². The second kappa shape index (κ2) is 5.75. The lowest BCUT2D eigenvalue weighted by atomic mass is 10.2. The summed E-state index contributed by atoms with van der Waals surface area (Å²) in [6.07, 6.45) is 2.12. The summed E-state index contributed by atoms with van der Waals surface area (Å²) in [5, 5.41) is 19.8. The third-order valence-electron chi connectivity index (χ3n) is 2.77. The van der Waals surface area contributed by atoms with Crippen LogP contribution < -0.4 is 0 Å². The number of nitro benzene ring substituents is 1. The van der Waals surface area contributed by atoms with Crippen molar-refractivity contribution in [2.75, 3.05) is 6.26 Å². The minimum atomic E-state index is -0.393. The maximum absolute atomic E-state index is 10.6. The second-order valence-electron chi connectivity index (χ2n) is 4.20. The predicted molar refractivity (Wildman–Crippen MR) is 76.5 cm³/mol. The van der Waals surface area contributed by atoms with Crippen LogP contribution >= 0.6 is 0 Å². The van der Waals surface area contributed by atoms with E-state index in [9.17, 15) is 15.2 Å². The van der Waals surface area contributed by atoms with Crippen molar-refractivity contribution in [3.8, 4) is 5.75 Å². The van der Waals surface area contributed by atoms with Gasteiger partial charge in [0.05, 0.1) is 4.92 Å². The van der Waals surface area contributed by atoms with Crippen LogP contribution in [0.25, 0.3) is 0 Å². The van der Waals surface area contributed by atoms with E-state index < -0.39 is 4.92 Å². The molecule has 0 aliphatic heterocycles. The lowest BCUT2D eigenvalue weighted by Crippen LogP contribution is -2.03. The standard InChI is InChI=1S/C14H13NO3S/c1-19(14-8-6-13(16)7-9-14)10-11-2-4-12(5-3-11)15(17)18/h2-9H,10H2,1H3/p+1. The van der Waals surface area contributed by atoms with Crippen LogP contribution in [0.15, 0.2) is 53.4 Å². The van der Waals surface area contributed by atoms with Gasteiger partial charge in [-0.1, -0.05) is 0 Å². The molecular formula is C14H14NO3S+. The fraction of sp³-hybridized carbons (Fsp3) is 0.143. The van der Waals surface area contributed by atoms with Crippen molar-refractivity contribution in [2.24, 2.45) is 0 Å². The zero-order valence-electron chi connectivity index (χ0n) is 10.4. The van der Waals surface area contributed by atoms with Gasteiger partial charge in [-0.2, -0.15) is 0 Å². The van der Waals surface area contributed by atoms with Gasteiger partial charge in [0.15, 0.2) is 4.90 Å². The van der Waals surface area contributed by atoms with Gasteiger partial charge in [-0.25, -0.2) is 0 Å². The van der Waals surface area contributed by atoms with Crippen LogP contribution in [-0.2, 0) is 16.6 Å². The number of benzene rings is 2. The summed E-state index contributed by atoms with van der Waals surface area (Å²) in [4.78, 5) is 11.3. The average Bonchev–Trinajstić information content (AvgIpc) is 2.40. The highest BCUT2D eigenvalue weighted by Gasteiger charge is 2.16. The second-order valence-corrected chi connectivity index (χ2v) is 6.23. The van der Waals surface area contributed by atoms with Gasteiger partial charge in [-0.3, -0.25) is 10.1 Å². The summed E-state index contributed by atoms with van der Waals surface area (Å²) < 4.78 is 0. The molecule has 4 nitrogen and oxygen atoms in total. The lowest BCUT2D eigenvalue weighted by molar-refractivity contribution is -0.384. The molecule has 2 rings (SSSR count). The fourth-order valence-corrected chi connectivity index (χ4v) is 3.19. The molecule has 98 valence electrons. The van der Waals surface area contributed by atoms with E-state index in [1.54, 1.807) is 24.3 Å². The van der Waals surface area contributed by atoms with Crippen molar-refractivity contribution in [3.63, 3.8) is 0 Å². The molecule has 5 heteroatoms. The zero-order valence-corrected chi connectivity index (χ0v) is 11.3. The highest BCUT2D eigenvalue weighted by atomic mass is 32.2. The first-order valence-corrected chi connectivity index (χ1v) is 7.51.